The Balaban J connectivity index is 1.36. The van der Waals surface area contributed by atoms with E-state index in [1.54, 1.807) is 6.33 Å². The van der Waals surface area contributed by atoms with Crippen LogP contribution < -0.4 is 0 Å². The molecule has 0 radical (unpaired) electrons. The molecule has 0 bridgehead atoms. The number of rotatable bonds is 4. The van der Waals surface area contributed by atoms with E-state index in [0.717, 1.165) is 19.6 Å². The van der Waals surface area contributed by atoms with Gasteiger partial charge in [-0.1, -0.05) is 43.2 Å². The van der Waals surface area contributed by atoms with E-state index in [2.05, 4.69) is 54.9 Å². The molecule has 2 aliphatic rings. The van der Waals surface area contributed by atoms with Crippen LogP contribution in [0, 0.1) is 0 Å². The molecule has 2 aromatic rings. The van der Waals surface area contributed by atoms with Crippen molar-refractivity contribution < 1.29 is 0 Å². The van der Waals surface area contributed by atoms with Gasteiger partial charge in [0.15, 0.2) is 0 Å². The maximum Gasteiger partial charge on any atom is 0.137 e. The summed E-state index contributed by atoms with van der Waals surface area (Å²) in [5.41, 5.74) is 1.42. The van der Waals surface area contributed by atoms with Crippen LogP contribution in [0.25, 0.3) is 0 Å². The van der Waals surface area contributed by atoms with Crippen LogP contribution in [0.5, 0.6) is 0 Å². The molecule has 5 heteroatoms. The van der Waals surface area contributed by atoms with E-state index in [-0.39, 0.29) is 0 Å². The second-order valence-electron chi connectivity index (χ2n) is 7.09. The number of piperazine rings is 1. The van der Waals surface area contributed by atoms with E-state index in [4.69, 9.17) is 0 Å². The largest absolute Gasteiger partial charge is 0.297 e. The summed E-state index contributed by atoms with van der Waals surface area (Å²) in [6.07, 6.45) is 8.76. The Morgan fingerprint density at radius 1 is 0.917 bits per heavy atom. The molecule has 1 saturated carbocycles. The van der Waals surface area contributed by atoms with E-state index in [0.29, 0.717) is 12.1 Å². The average Bonchev–Trinajstić information content (AvgIpc) is 3.18. The zero-order valence-corrected chi connectivity index (χ0v) is 14.3. The molecule has 5 nitrogen and oxygen atoms in total. The zero-order valence-electron chi connectivity index (χ0n) is 14.3. The minimum absolute atomic E-state index is 0.502. The van der Waals surface area contributed by atoms with Gasteiger partial charge < -0.3 is 0 Å². The molecule has 0 N–H and O–H groups in total. The Morgan fingerprint density at radius 3 is 2.38 bits per heavy atom. The molecule has 2 atom stereocenters. The van der Waals surface area contributed by atoms with Crippen LogP contribution in [-0.4, -0.2) is 56.8 Å². The first-order valence-corrected chi connectivity index (χ1v) is 9.24. The van der Waals surface area contributed by atoms with Crippen LogP contribution >= 0.6 is 0 Å². The molecule has 0 amide bonds. The number of hydrogen-bond acceptors (Lipinski definition) is 4. The Hall–Kier alpha value is -1.72. The van der Waals surface area contributed by atoms with Crippen LogP contribution in [0.2, 0.25) is 0 Å². The van der Waals surface area contributed by atoms with Crippen LogP contribution in [0.15, 0.2) is 43.0 Å². The van der Waals surface area contributed by atoms with Crippen molar-refractivity contribution in [3.05, 3.63) is 48.5 Å². The van der Waals surface area contributed by atoms with E-state index in [1.807, 2.05) is 6.33 Å². The van der Waals surface area contributed by atoms with Crippen molar-refractivity contribution in [3.8, 4) is 0 Å². The van der Waals surface area contributed by atoms with E-state index < -0.39 is 0 Å². The number of hydrogen-bond donors (Lipinski definition) is 0. The minimum Gasteiger partial charge on any atom is -0.297 e. The average molecular weight is 325 g/mol. The predicted octanol–water partition coefficient (Wildman–Crippen LogP) is 2.58. The number of benzene rings is 1. The Labute approximate surface area is 144 Å². The molecule has 0 unspecified atom stereocenters. The molecule has 0 spiro atoms. The van der Waals surface area contributed by atoms with Gasteiger partial charge >= 0.3 is 0 Å². The summed E-state index contributed by atoms with van der Waals surface area (Å²) < 4.78 is 2.10. The highest BCUT2D eigenvalue weighted by molar-refractivity contribution is 5.14. The third kappa shape index (κ3) is 3.52. The molecule has 1 aliphatic heterocycles. The maximum absolute atomic E-state index is 4.42. The smallest absolute Gasteiger partial charge is 0.137 e. The first-order chi connectivity index (χ1) is 11.9. The molecular formula is C19H27N5. The molecule has 1 aromatic heterocycles. The second-order valence-corrected chi connectivity index (χ2v) is 7.09. The molecule has 128 valence electrons. The second kappa shape index (κ2) is 7.45. The van der Waals surface area contributed by atoms with E-state index in [9.17, 15) is 0 Å². The lowest BCUT2D eigenvalue weighted by Crippen LogP contribution is -2.53. The zero-order chi connectivity index (χ0) is 16.2. The third-order valence-electron chi connectivity index (χ3n) is 5.60. The van der Waals surface area contributed by atoms with Gasteiger partial charge in [0, 0.05) is 38.8 Å². The SMILES string of the molecule is c1ccc(CN2CCN([C@@H]3CCCC[C@H]3n3cncn3)CC2)cc1. The van der Waals surface area contributed by atoms with E-state index in [1.165, 1.54) is 44.3 Å². The summed E-state index contributed by atoms with van der Waals surface area (Å²) in [5, 5.41) is 4.42. The molecule has 4 rings (SSSR count). The lowest BCUT2D eigenvalue weighted by molar-refractivity contribution is 0.0469. The summed E-state index contributed by atoms with van der Waals surface area (Å²) in [7, 11) is 0. The quantitative estimate of drug-likeness (QED) is 0.866. The van der Waals surface area contributed by atoms with Crippen molar-refractivity contribution in [1.82, 2.24) is 24.6 Å². The van der Waals surface area contributed by atoms with Crippen LogP contribution in [0.3, 0.4) is 0 Å². The molecule has 2 fully saturated rings. The fraction of sp³-hybridized carbons (Fsp3) is 0.579. The topological polar surface area (TPSA) is 37.2 Å². The first kappa shape index (κ1) is 15.8. The van der Waals surface area contributed by atoms with E-state index >= 15 is 0 Å². The summed E-state index contributed by atoms with van der Waals surface area (Å²) >= 11 is 0. The standard InChI is InChI=1S/C19H27N5/c1-2-6-17(7-3-1)14-22-10-12-23(13-11-22)18-8-4-5-9-19(18)24-16-20-15-21-24/h1-3,6-7,15-16,18-19H,4-5,8-14H2/t18-,19-/m1/s1. The van der Waals surface area contributed by atoms with Crippen molar-refractivity contribution in [2.75, 3.05) is 26.2 Å². The van der Waals surface area contributed by atoms with Crippen LogP contribution in [0.4, 0.5) is 0 Å². The van der Waals surface area contributed by atoms with Gasteiger partial charge in [-0.3, -0.25) is 9.80 Å². The Bertz CT molecular complexity index is 604. The molecule has 1 saturated heterocycles. The van der Waals surface area contributed by atoms with Gasteiger partial charge in [-0.05, 0) is 18.4 Å². The van der Waals surface area contributed by atoms with Crippen LogP contribution in [0.1, 0.15) is 37.3 Å². The molecule has 24 heavy (non-hydrogen) atoms. The Morgan fingerprint density at radius 2 is 1.67 bits per heavy atom. The monoisotopic (exact) mass is 325 g/mol. The van der Waals surface area contributed by atoms with Crippen molar-refractivity contribution in [1.29, 1.82) is 0 Å². The van der Waals surface area contributed by atoms with Crippen molar-refractivity contribution >= 4 is 0 Å². The van der Waals surface area contributed by atoms with Crippen molar-refractivity contribution in [3.63, 3.8) is 0 Å². The normalized spacial score (nSPS) is 26.5. The van der Waals surface area contributed by atoms with Gasteiger partial charge in [-0.15, -0.1) is 0 Å². The van der Waals surface area contributed by atoms with Gasteiger partial charge in [-0.25, -0.2) is 9.67 Å². The van der Waals surface area contributed by atoms with Gasteiger partial charge in [0.2, 0.25) is 0 Å². The van der Waals surface area contributed by atoms with Crippen molar-refractivity contribution in [2.24, 2.45) is 0 Å². The molecule has 2 heterocycles. The fourth-order valence-corrected chi connectivity index (χ4v) is 4.31. The Kier molecular flexibility index (Phi) is 4.90. The summed E-state index contributed by atoms with van der Waals surface area (Å²) in [4.78, 5) is 9.44. The lowest BCUT2D eigenvalue weighted by atomic mass is 9.89. The minimum atomic E-state index is 0.502. The van der Waals surface area contributed by atoms with Crippen LogP contribution in [-0.2, 0) is 6.54 Å². The fourth-order valence-electron chi connectivity index (χ4n) is 4.31. The molecular weight excluding hydrogens is 298 g/mol. The molecule has 1 aromatic carbocycles. The first-order valence-electron chi connectivity index (χ1n) is 9.24. The molecule has 1 aliphatic carbocycles. The van der Waals surface area contributed by atoms with Gasteiger partial charge in [0.1, 0.15) is 12.7 Å². The number of aromatic nitrogens is 3. The lowest BCUT2D eigenvalue weighted by Gasteiger charge is -2.44. The van der Waals surface area contributed by atoms with Gasteiger partial charge in [0.05, 0.1) is 6.04 Å². The number of nitrogens with zero attached hydrogens (tertiary/aromatic N) is 5. The highest BCUT2D eigenvalue weighted by atomic mass is 15.4. The highest BCUT2D eigenvalue weighted by Crippen LogP contribution is 2.32. The maximum atomic E-state index is 4.42. The third-order valence-corrected chi connectivity index (χ3v) is 5.60. The van der Waals surface area contributed by atoms with Gasteiger partial charge in [0.25, 0.3) is 0 Å². The summed E-state index contributed by atoms with van der Waals surface area (Å²) in [6.45, 7) is 5.74. The van der Waals surface area contributed by atoms with Gasteiger partial charge in [-0.2, -0.15) is 5.10 Å². The predicted molar refractivity (Wildman–Crippen MR) is 94.6 cm³/mol. The summed E-state index contributed by atoms with van der Waals surface area (Å²) in [5.74, 6) is 0. The highest BCUT2D eigenvalue weighted by Gasteiger charge is 2.33. The summed E-state index contributed by atoms with van der Waals surface area (Å²) in [6, 6.07) is 11.9. The van der Waals surface area contributed by atoms with Crippen molar-refractivity contribution in [2.45, 2.75) is 44.3 Å².